The fourth-order valence-electron chi connectivity index (χ4n) is 5.32. The van der Waals surface area contributed by atoms with E-state index in [0.29, 0.717) is 5.58 Å². The van der Waals surface area contributed by atoms with Crippen molar-refractivity contribution in [3.05, 3.63) is 23.0 Å². The summed E-state index contributed by atoms with van der Waals surface area (Å²) in [5, 5.41) is 8.21. The van der Waals surface area contributed by atoms with Crippen molar-refractivity contribution in [2.75, 3.05) is 37.6 Å². The van der Waals surface area contributed by atoms with Crippen LogP contribution in [0.2, 0.25) is 5.02 Å². The predicted molar refractivity (Wildman–Crippen MR) is 129 cm³/mol. The van der Waals surface area contributed by atoms with E-state index in [9.17, 15) is 9.18 Å². The molecule has 1 saturated heterocycles. The monoisotopic (exact) mass is 496 g/mol. The van der Waals surface area contributed by atoms with E-state index in [1.54, 1.807) is 6.07 Å². The molecule has 33 heavy (non-hydrogen) atoms. The SMILES string of the molecule is O=C(NC1CCC(CCN2CCN(c3noc4cc(F)c(Cl)cc34)CC2)CC1)C1(Cl)CCC1. The second-order valence-electron chi connectivity index (χ2n) is 9.90. The molecule has 0 bridgehead atoms. The van der Waals surface area contributed by atoms with Gasteiger partial charge in [-0.1, -0.05) is 16.8 Å². The number of nitrogens with one attached hydrogen (secondary N) is 1. The van der Waals surface area contributed by atoms with Gasteiger partial charge in [0.25, 0.3) is 0 Å². The number of carbonyl (C=O) groups is 1. The smallest absolute Gasteiger partial charge is 0.241 e. The quantitative estimate of drug-likeness (QED) is 0.572. The van der Waals surface area contributed by atoms with Crippen LogP contribution in [0.5, 0.6) is 0 Å². The highest BCUT2D eigenvalue weighted by molar-refractivity contribution is 6.35. The number of piperazine rings is 1. The Kier molecular flexibility index (Phi) is 6.74. The number of carbonyl (C=O) groups excluding carboxylic acids is 1. The molecule has 0 atom stereocenters. The number of amides is 1. The van der Waals surface area contributed by atoms with Crippen molar-refractivity contribution in [1.82, 2.24) is 15.4 Å². The van der Waals surface area contributed by atoms with Crippen LogP contribution in [-0.2, 0) is 4.79 Å². The molecule has 1 aromatic carbocycles. The van der Waals surface area contributed by atoms with Crippen LogP contribution in [0.1, 0.15) is 51.4 Å². The second kappa shape index (κ2) is 9.59. The summed E-state index contributed by atoms with van der Waals surface area (Å²) in [7, 11) is 0. The van der Waals surface area contributed by atoms with E-state index in [0.717, 1.165) is 81.9 Å². The maximum Gasteiger partial charge on any atom is 0.241 e. The van der Waals surface area contributed by atoms with Crippen molar-refractivity contribution in [2.45, 2.75) is 62.3 Å². The Morgan fingerprint density at radius 2 is 1.91 bits per heavy atom. The topological polar surface area (TPSA) is 61.6 Å². The second-order valence-corrected chi connectivity index (χ2v) is 11.0. The lowest BCUT2D eigenvalue weighted by atomic mass is 9.81. The summed E-state index contributed by atoms with van der Waals surface area (Å²) in [5.41, 5.74) is 0.426. The first kappa shape index (κ1) is 23.2. The Morgan fingerprint density at radius 3 is 2.58 bits per heavy atom. The summed E-state index contributed by atoms with van der Waals surface area (Å²) in [6.45, 7) is 4.74. The molecule has 2 heterocycles. The number of rotatable bonds is 6. The van der Waals surface area contributed by atoms with Crippen LogP contribution in [0.4, 0.5) is 10.2 Å². The van der Waals surface area contributed by atoms with Crippen molar-refractivity contribution in [1.29, 1.82) is 0 Å². The molecule has 1 aromatic heterocycles. The molecule has 0 spiro atoms. The highest BCUT2D eigenvalue weighted by atomic mass is 35.5. The summed E-state index contributed by atoms with van der Waals surface area (Å²) >= 11 is 12.3. The van der Waals surface area contributed by atoms with Gasteiger partial charge in [-0.15, -0.1) is 11.6 Å². The lowest BCUT2D eigenvalue weighted by molar-refractivity contribution is -0.126. The maximum absolute atomic E-state index is 13.7. The normalized spacial score (nSPS) is 25.7. The minimum atomic E-state index is -0.625. The first-order valence-electron chi connectivity index (χ1n) is 12.1. The van der Waals surface area contributed by atoms with Crippen molar-refractivity contribution < 1.29 is 13.7 Å². The molecule has 1 aliphatic heterocycles. The van der Waals surface area contributed by atoms with Crippen LogP contribution >= 0.6 is 23.2 Å². The van der Waals surface area contributed by atoms with E-state index in [4.69, 9.17) is 27.7 Å². The zero-order chi connectivity index (χ0) is 23.0. The van der Waals surface area contributed by atoms with Crippen LogP contribution in [0.25, 0.3) is 11.0 Å². The molecule has 2 aromatic rings. The Bertz CT molecular complexity index is 996. The highest BCUT2D eigenvalue weighted by Crippen LogP contribution is 2.39. The Balaban J connectivity index is 1.04. The summed E-state index contributed by atoms with van der Waals surface area (Å²) in [4.78, 5) is 16.4. The molecule has 3 fully saturated rings. The number of hydrogen-bond donors (Lipinski definition) is 1. The third kappa shape index (κ3) is 4.96. The van der Waals surface area contributed by atoms with E-state index in [-0.39, 0.29) is 17.0 Å². The van der Waals surface area contributed by atoms with Gasteiger partial charge in [0.1, 0.15) is 10.7 Å². The van der Waals surface area contributed by atoms with Crippen molar-refractivity contribution in [3.8, 4) is 0 Å². The van der Waals surface area contributed by atoms with E-state index in [2.05, 4.69) is 20.3 Å². The fraction of sp³-hybridized carbons (Fsp3) is 0.667. The Morgan fingerprint density at radius 1 is 1.18 bits per heavy atom. The molecule has 2 saturated carbocycles. The minimum Gasteiger partial charge on any atom is -0.354 e. The number of anilines is 1. The van der Waals surface area contributed by atoms with Gasteiger partial charge in [-0.2, -0.15) is 0 Å². The zero-order valence-corrected chi connectivity index (χ0v) is 20.3. The van der Waals surface area contributed by atoms with Crippen molar-refractivity contribution >= 4 is 45.9 Å². The van der Waals surface area contributed by atoms with Gasteiger partial charge >= 0.3 is 0 Å². The molecule has 180 valence electrons. The largest absolute Gasteiger partial charge is 0.354 e. The van der Waals surface area contributed by atoms with Crippen LogP contribution in [0.3, 0.4) is 0 Å². The molecule has 2 aliphatic carbocycles. The third-order valence-corrected chi connectivity index (χ3v) is 8.59. The summed E-state index contributed by atoms with van der Waals surface area (Å²) in [5.74, 6) is 1.02. The number of aromatic nitrogens is 1. The van der Waals surface area contributed by atoms with Gasteiger partial charge in [-0.3, -0.25) is 9.69 Å². The average Bonchev–Trinajstić information content (AvgIpc) is 3.20. The number of nitrogens with zero attached hydrogens (tertiary/aromatic N) is 3. The van der Waals surface area contributed by atoms with Gasteiger partial charge in [0.15, 0.2) is 11.4 Å². The average molecular weight is 497 g/mol. The number of hydrogen-bond acceptors (Lipinski definition) is 5. The molecule has 3 aliphatic rings. The lowest BCUT2D eigenvalue weighted by Crippen LogP contribution is -2.51. The molecule has 0 radical (unpaired) electrons. The standard InChI is InChI=1S/C24H31Cl2FN4O2/c25-19-14-18-21(15-20(19)27)33-29-22(18)31-12-10-30(11-13-31)9-6-16-2-4-17(5-3-16)28-23(32)24(26)7-1-8-24/h14-17H,1-13H2,(H,28,32). The molecular formula is C24H31Cl2FN4O2. The van der Waals surface area contributed by atoms with Crippen molar-refractivity contribution in [3.63, 3.8) is 0 Å². The van der Waals surface area contributed by atoms with Gasteiger partial charge < -0.3 is 14.7 Å². The van der Waals surface area contributed by atoms with Gasteiger partial charge in [0.05, 0.1) is 10.4 Å². The molecule has 6 nitrogen and oxygen atoms in total. The molecule has 9 heteroatoms. The number of halogens is 3. The summed E-state index contributed by atoms with van der Waals surface area (Å²) in [6.07, 6.45) is 8.32. The first-order valence-corrected chi connectivity index (χ1v) is 12.9. The Labute approximate surface area is 203 Å². The first-order chi connectivity index (χ1) is 15.9. The van der Waals surface area contributed by atoms with Gasteiger partial charge in [-0.05, 0) is 69.9 Å². The van der Waals surface area contributed by atoms with Crippen LogP contribution < -0.4 is 10.2 Å². The fourth-order valence-corrected chi connectivity index (χ4v) is 5.81. The predicted octanol–water partition coefficient (Wildman–Crippen LogP) is 4.97. The third-order valence-electron chi connectivity index (χ3n) is 7.75. The van der Waals surface area contributed by atoms with Crippen LogP contribution in [0.15, 0.2) is 16.7 Å². The van der Waals surface area contributed by atoms with Crippen LogP contribution in [0, 0.1) is 11.7 Å². The van der Waals surface area contributed by atoms with E-state index >= 15 is 0 Å². The van der Waals surface area contributed by atoms with Gasteiger partial charge in [-0.25, -0.2) is 4.39 Å². The number of benzene rings is 1. The lowest BCUT2D eigenvalue weighted by Gasteiger charge is -2.38. The van der Waals surface area contributed by atoms with E-state index < -0.39 is 10.7 Å². The van der Waals surface area contributed by atoms with Crippen LogP contribution in [-0.4, -0.2) is 59.6 Å². The Hall–Kier alpha value is -1.57. The number of alkyl halides is 1. The molecule has 5 rings (SSSR count). The number of fused-ring (bicyclic) bond motifs is 1. The molecular weight excluding hydrogens is 466 g/mol. The summed E-state index contributed by atoms with van der Waals surface area (Å²) < 4.78 is 19.0. The molecule has 0 unspecified atom stereocenters. The minimum absolute atomic E-state index is 0.0454. The van der Waals surface area contributed by atoms with Crippen molar-refractivity contribution in [2.24, 2.45) is 5.92 Å². The maximum atomic E-state index is 13.7. The zero-order valence-electron chi connectivity index (χ0n) is 18.8. The highest BCUT2D eigenvalue weighted by Gasteiger charge is 2.43. The van der Waals surface area contributed by atoms with Gasteiger partial charge in [0.2, 0.25) is 5.91 Å². The van der Waals surface area contributed by atoms with E-state index in [1.165, 1.54) is 25.3 Å². The van der Waals surface area contributed by atoms with Gasteiger partial charge in [0, 0.05) is 38.3 Å². The molecule has 1 N–H and O–H groups in total. The summed E-state index contributed by atoms with van der Waals surface area (Å²) in [6, 6.07) is 3.18. The van der Waals surface area contributed by atoms with E-state index in [1.807, 2.05) is 0 Å². The molecule has 1 amide bonds.